The van der Waals surface area contributed by atoms with Crippen LogP contribution in [0.25, 0.3) is 16.8 Å². The minimum atomic E-state index is -0.484. The van der Waals surface area contributed by atoms with E-state index in [0.717, 1.165) is 18.4 Å². The van der Waals surface area contributed by atoms with Gasteiger partial charge in [0.15, 0.2) is 17.2 Å². The number of esters is 1. The first-order chi connectivity index (χ1) is 15.1. The van der Waals surface area contributed by atoms with Crippen LogP contribution < -0.4 is 14.2 Å². The number of hydrogen-bond acceptors (Lipinski definition) is 6. The number of carbonyl (C=O) groups excluding carboxylic acids is 1. The summed E-state index contributed by atoms with van der Waals surface area (Å²) < 4.78 is 21.6. The molecule has 3 aromatic rings. The Morgan fingerprint density at radius 3 is 2.45 bits per heavy atom. The van der Waals surface area contributed by atoms with Gasteiger partial charge in [-0.15, -0.1) is 0 Å². The van der Waals surface area contributed by atoms with E-state index in [9.17, 15) is 4.79 Å². The minimum absolute atomic E-state index is 0.202. The number of hydrogen-bond donors (Lipinski definition) is 0. The molecular formula is C25H21NO5. The standard InChI is InChI=1S/C25H21NO5/c1-28-20-12-17(13-21(29-2)23(20)30-3)24-26-19(25(27)31-24)11-16-8-7-14-5-4-6-15-9-10-18(16)22(14)15/h4-8,11-13H,9-10H2,1-3H3. The maximum atomic E-state index is 12.6. The number of methoxy groups -OCH3 is 3. The van der Waals surface area contributed by atoms with Gasteiger partial charge in [-0.05, 0) is 58.5 Å². The summed E-state index contributed by atoms with van der Waals surface area (Å²) in [6, 6.07) is 13.9. The van der Waals surface area contributed by atoms with Crippen molar-refractivity contribution in [2.45, 2.75) is 12.8 Å². The van der Waals surface area contributed by atoms with Crippen LogP contribution >= 0.6 is 0 Å². The molecule has 5 rings (SSSR count). The summed E-state index contributed by atoms with van der Waals surface area (Å²) in [4.78, 5) is 17.0. The van der Waals surface area contributed by atoms with E-state index in [1.54, 1.807) is 12.1 Å². The fourth-order valence-corrected chi connectivity index (χ4v) is 4.31. The van der Waals surface area contributed by atoms with Gasteiger partial charge >= 0.3 is 5.97 Å². The molecule has 1 heterocycles. The fourth-order valence-electron chi connectivity index (χ4n) is 4.31. The van der Waals surface area contributed by atoms with Crippen LogP contribution in [0, 0.1) is 0 Å². The first kappa shape index (κ1) is 19.2. The third-order valence-corrected chi connectivity index (χ3v) is 5.74. The molecule has 0 fully saturated rings. The monoisotopic (exact) mass is 415 g/mol. The van der Waals surface area contributed by atoms with Crippen molar-refractivity contribution >= 4 is 28.7 Å². The normalized spacial score (nSPS) is 15.9. The van der Waals surface area contributed by atoms with E-state index in [4.69, 9.17) is 18.9 Å². The zero-order chi connectivity index (χ0) is 21.5. The summed E-state index contributed by atoms with van der Waals surface area (Å²) in [7, 11) is 4.60. The summed E-state index contributed by atoms with van der Waals surface area (Å²) in [5.41, 5.74) is 4.44. The van der Waals surface area contributed by atoms with Gasteiger partial charge in [0.2, 0.25) is 11.6 Å². The molecule has 0 saturated carbocycles. The summed E-state index contributed by atoms with van der Waals surface area (Å²) in [6.45, 7) is 0. The quantitative estimate of drug-likeness (QED) is 0.459. The molecule has 31 heavy (non-hydrogen) atoms. The second kappa shape index (κ2) is 7.47. The highest BCUT2D eigenvalue weighted by atomic mass is 16.6. The van der Waals surface area contributed by atoms with Gasteiger partial charge in [-0.1, -0.05) is 30.3 Å². The van der Waals surface area contributed by atoms with Gasteiger partial charge in [-0.2, -0.15) is 0 Å². The highest BCUT2D eigenvalue weighted by Gasteiger charge is 2.27. The minimum Gasteiger partial charge on any atom is -0.493 e. The molecule has 0 radical (unpaired) electrons. The average molecular weight is 415 g/mol. The molecule has 0 unspecified atom stereocenters. The van der Waals surface area contributed by atoms with Crippen molar-refractivity contribution in [1.82, 2.24) is 0 Å². The smallest absolute Gasteiger partial charge is 0.363 e. The van der Waals surface area contributed by atoms with E-state index in [1.165, 1.54) is 43.2 Å². The number of benzene rings is 3. The van der Waals surface area contributed by atoms with Gasteiger partial charge in [0.1, 0.15) is 0 Å². The van der Waals surface area contributed by atoms with Crippen LogP contribution in [-0.2, 0) is 22.4 Å². The second-order valence-electron chi connectivity index (χ2n) is 7.40. The maximum absolute atomic E-state index is 12.6. The zero-order valence-corrected chi connectivity index (χ0v) is 17.5. The highest BCUT2D eigenvalue weighted by Crippen LogP contribution is 2.39. The Bertz CT molecular complexity index is 1260. The molecule has 0 bridgehead atoms. The van der Waals surface area contributed by atoms with E-state index in [-0.39, 0.29) is 11.6 Å². The third kappa shape index (κ3) is 3.11. The molecule has 0 amide bonds. The topological polar surface area (TPSA) is 66.4 Å². The Morgan fingerprint density at radius 1 is 0.968 bits per heavy atom. The summed E-state index contributed by atoms with van der Waals surface area (Å²) >= 11 is 0. The van der Waals surface area contributed by atoms with Gasteiger partial charge in [0.25, 0.3) is 0 Å². The largest absolute Gasteiger partial charge is 0.493 e. The summed E-state index contributed by atoms with van der Waals surface area (Å²) in [6.07, 6.45) is 3.77. The lowest BCUT2D eigenvalue weighted by atomic mass is 9.99. The van der Waals surface area contributed by atoms with Crippen molar-refractivity contribution in [3.8, 4) is 17.2 Å². The Kier molecular flexibility index (Phi) is 4.62. The van der Waals surface area contributed by atoms with Gasteiger partial charge in [0.05, 0.1) is 21.3 Å². The molecule has 1 aliphatic heterocycles. The van der Waals surface area contributed by atoms with Crippen LogP contribution in [0.5, 0.6) is 17.2 Å². The van der Waals surface area contributed by atoms with Gasteiger partial charge < -0.3 is 18.9 Å². The lowest BCUT2D eigenvalue weighted by molar-refractivity contribution is -0.129. The van der Waals surface area contributed by atoms with Crippen molar-refractivity contribution in [2.24, 2.45) is 4.99 Å². The molecule has 0 N–H and O–H groups in total. The Labute approximate surface area is 179 Å². The van der Waals surface area contributed by atoms with Crippen LogP contribution in [0.4, 0.5) is 0 Å². The highest BCUT2D eigenvalue weighted by molar-refractivity contribution is 6.13. The van der Waals surface area contributed by atoms with Gasteiger partial charge in [0, 0.05) is 5.56 Å². The van der Waals surface area contributed by atoms with E-state index < -0.39 is 5.97 Å². The number of ether oxygens (including phenoxy) is 4. The third-order valence-electron chi connectivity index (χ3n) is 5.74. The molecule has 156 valence electrons. The van der Waals surface area contributed by atoms with E-state index in [2.05, 4.69) is 29.3 Å². The molecule has 3 aromatic carbocycles. The van der Waals surface area contributed by atoms with Crippen molar-refractivity contribution in [1.29, 1.82) is 0 Å². The first-order valence-corrected chi connectivity index (χ1v) is 9.99. The van der Waals surface area contributed by atoms with Crippen molar-refractivity contribution < 1.29 is 23.7 Å². The van der Waals surface area contributed by atoms with Crippen LogP contribution in [0.3, 0.4) is 0 Å². The number of aliphatic imine (C=N–C) groups is 1. The van der Waals surface area contributed by atoms with Crippen LogP contribution in [-0.4, -0.2) is 33.2 Å². The average Bonchev–Trinajstić information content (AvgIpc) is 3.39. The molecule has 2 aliphatic rings. The van der Waals surface area contributed by atoms with E-state index >= 15 is 0 Å². The van der Waals surface area contributed by atoms with E-state index in [1.807, 2.05) is 12.1 Å². The lowest BCUT2D eigenvalue weighted by Crippen LogP contribution is -2.07. The number of rotatable bonds is 5. The molecule has 6 heteroatoms. The molecule has 0 saturated heterocycles. The molecular weight excluding hydrogens is 394 g/mol. The zero-order valence-electron chi connectivity index (χ0n) is 17.5. The van der Waals surface area contributed by atoms with Gasteiger partial charge in [-0.3, -0.25) is 0 Å². The number of carbonyl (C=O) groups is 1. The fraction of sp³-hybridized carbons (Fsp3) is 0.200. The predicted octanol–water partition coefficient (Wildman–Crippen LogP) is 4.31. The number of nitrogens with zero attached hydrogens (tertiary/aromatic N) is 1. The number of cyclic esters (lactones) is 1. The summed E-state index contributed by atoms with van der Waals surface area (Å²) in [5, 5.41) is 2.51. The predicted molar refractivity (Wildman–Crippen MR) is 118 cm³/mol. The van der Waals surface area contributed by atoms with Crippen LogP contribution in [0.1, 0.15) is 22.3 Å². The second-order valence-corrected chi connectivity index (χ2v) is 7.40. The maximum Gasteiger partial charge on any atom is 0.363 e. The Morgan fingerprint density at radius 2 is 1.74 bits per heavy atom. The molecule has 1 aliphatic carbocycles. The molecule has 6 nitrogen and oxygen atoms in total. The Hall–Kier alpha value is -3.80. The van der Waals surface area contributed by atoms with Crippen LogP contribution in [0.2, 0.25) is 0 Å². The number of aryl methyl sites for hydroxylation is 2. The van der Waals surface area contributed by atoms with Crippen molar-refractivity contribution in [3.05, 3.63) is 70.4 Å². The SMILES string of the molecule is COc1cc(C2=NC(=Cc3ccc4cccc5c4c3CC5)C(=O)O2)cc(OC)c1OC. The first-order valence-electron chi connectivity index (χ1n) is 9.99. The molecule has 0 atom stereocenters. The lowest BCUT2D eigenvalue weighted by Gasteiger charge is -2.13. The van der Waals surface area contributed by atoms with E-state index in [0.29, 0.717) is 22.8 Å². The summed E-state index contributed by atoms with van der Waals surface area (Å²) in [5.74, 6) is 1.10. The van der Waals surface area contributed by atoms with Crippen molar-refractivity contribution in [3.63, 3.8) is 0 Å². The molecule has 0 spiro atoms. The molecule has 0 aromatic heterocycles. The van der Waals surface area contributed by atoms with Crippen molar-refractivity contribution in [2.75, 3.05) is 21.3 Å². The van der Waals surface area contributed by atoms with Gasteiger partial charge in [-0.25, -0.2) is 9.79 Å². The Balaban J connectivity index is 1.57. The van der Waals surface area contributed by atoms with Crippen LogP contribution in [0.15, 0.2) is 53.2 Å².